The summed E-state index contributed by atoms with van der Waals surface area (Å²) in [5, 5.41) is 11.5. The van der Waals surface area contributed by atoms with E-state index < -0.39 is 6.10 Å². The molecule has 0 amide bonds. The molecule has 1 unspecified atom stereocenters. The predicted octanol–water partition coefficient (Wildman–Crippen LogP) is 5.34. The van der Waals surface area contributed by atoms with Gasteiger partial charge in [0.25, 0.3) is 0 Å². The lowest BCUT2D eigenvalue weighted by Crippen LogP contribution is -2.09. The van der Waals surface area contributed by atoms with E-state index in [1.165, 1.54) is 24.8 Å². The van der Waals surface area contributed by atoms with Crippen LogP contribution >= 0.6 is 23.2 Å². The normalized spacial score (nSPS) is 16.8. The zero-order chi connectivity index (χ0) is 14.1. The number of benzene rings is 2. The van der Waals surface area contributed by atoms with Crippen molar-refractivity contribution in [3.8, 4) is 0 Å². The van der Waals surface area contributed by atoms with Crippen LogP contribution in [0.5, 0.6) is 0 Å². The lowest BCUT2D eigenvalue weighted by molar-refractivity contribution is 0.220. The Kier molecular flexibility index (Phi) is 4.02. The molecular formula is C17H16Cl2O. The maximum atomic E-state index is 10.5. The number of aliphatic hydroxyl groups excluding tert-OH is 1. The van der Waals surface area contributed by atoms with Crippen LogP contribution in [-0.4, -0.2) is 5.11 Å². The summed E-state index contributed by atoms with van der Waals surface area (Å²) in [6.07, 6.45) is 3.09. The molecule has 1 N–H and O–H groups in total. The molecule has 1 atom stereocenters. The Morgan fingerprint density at radius 2 is 1.55 bits per heavy atom. The summed E-state index contributed by atoms with van der Waals surface area (Å²) in [5.41, 5.74) is 2.76. The Morgan fingerprint density at radius 3 is 2.05 bits per heavy atom. The number of hydrogen-bond donors (Lipinski definition) is 1. The predicted molar refractivity (Wildman–Crippen MR) is 83.6 cm³/mol. The van der Waals surface area contributed by atoms with E-state index in [4.69, 9.17) is 23.2 Å². The van der Waals surface area contributed by atoms with E-state index in [1.807, 2.05) is 12.1 Å². The Morgan fingerprint density at radius 1 is 0.950 bits per heavy atom. The van der Waals surface area contributed by atoms with Crippen LogP contribution in [0.2, 0.25) is 10.0 Å². The van der Waals surface area contributed by atoms with Gasteiger partial charge in [-0.1, -0.05) is 60.0 Å². The standard InChI is InChI=1S/C17H16Cl2O/c18-14-5-2-6-15(19)16(14)17(20)13-9-7-12(8-10-13)11-3-1-4-11/h2,5-11,17,20H,1,3-4H2. The highest BCUT2D eigenvalue weighted by atomic mass is 35.5. The first-order valence-electron chi connectivity index (χ1n) is 6.88. The van der Waals surface area contributed by atoms with Gasteiger partial charge in [0.15, 0.2) is 0 Å². The van der Waals surface area contributed by atoms with Gasteiger partial charge < -0.3 is 5.11 Å². The van der Waals surface area contributed by atoms with E-state index >= 15 is 0 Å². The minimum absolute atomic E-state index is 0.494. The van der Waals surface area contributed by atoms with E-state index in [2.05, 4.69) is 12.1 Å². The first-order chi connectivity index (χ1) is 9.66. The molecule has 2 aromatic carbocycles. The average molecular weight is 307 g/mol. The molecule has 0 bridgehead atoms. The molecule has 0 spiro atoms. The van der Waals surface area contributed by atoms with Crippen LogP contribution in [0.15, 0.2) is 42.5 Å². The summed E-state index contributed by atoms with van der Waals surface area (Å²) in [6.45, 7) is 0. The third kappa shape index (κ3) is 2.58. The Labute approximate surface area is 129 Å². The number of rotatable bonds is 3. The topological polar surface area (TPSA) is 20.2 Å². The third-order valence-corrected chi connectivity index (χ3v) is 4.76. The summed E-state index contributed by atoms with van der Waals surface area (Å²) < 4.78 is 0. The van der Waals surface area contributed by atoms with Gasteiger partial charge >= 0.3 is 0 Å². The molecule has 1 aliphatic rings. The van der Waals surface area contributed by atoms with Crippen molar-refractivity contribution in [1.29, 1.82) is 0 Å². The molecule has 0 heterocycles. The van der Waals surface area contributed by atoms with Gasteiger partial charge in [0.2, 0.25) is 0 Å². The van der Waals surface area contributed by atoms with Gasteiger partial charge in [0, 0.05) is 15.6 Å². The molecule has 1 aliphatic carbocycles. The minimum atomic E-state index is -0.786. The molecule has 3 rings (SSSR count). The molecule has 0 aliphatic heterocycles. The number of halogens is 2. The maximum absolute atomic E-state index is 10.5. The highest BCUT2D eigenvalue weighted by Gasteiger charge is 2.21. The maximum Gasteiger partial charge on any atom is 0.107 e. The SMILES string of the molecule is OC(c1ccc(C2CCC2)cc1)c1c(Cl)cccc1Cl. The summed E-state index contributed by atoms with van der Waals surface area (Å²) in [5.74, 6) is 0.699. The van der Waals surface area contributed by atoms with Crippen LogP contribution in [0.25, 0.3) is 0 Å². The van der Waals surface area contributed by atoms with Crippen LogP contribution in [0.4, 0.5) is 0 Å². The second kappa shape index (κ2) is 5.77. The lowest BCUT2D eigenvalue weighted by atomic mass is 9.80. The van der Waals surface area contributed by atoms with Crippen molar-refractivity contribution in [2.24, 2.45) is 0 Å². The summed E-state index contributed by atoms with van der Waals surface area (Å²) >= 11 is 12.3. The van der Waals surface area contributed by atoms with Crippen LogP contribution in [0, 0.1) is 0 Å². The second-order valence-electron chi connectivity index (χ2n) is 5.33. The fraction of sp³-hybridized carbons (Fsp3) is 0.294. The Bertz CT molecular complexity index is 583. The largest absolute Gasteiger partial charge is 0.384 e. The molecule has 3 heteroatoms. The molecule has 0 saturated heterocycles. The zero-order valence-electron chi connectivity index (χ0n) is 11.0. The third-order valence-electron chi connectivity index (χ3n) is 4.10. The van der Waals surface area contributed by atoms with Crippen LogP contribution in [-0.2, 0) is 0 Å². The molecule has 2 aromatic rings. The van der Waals surface area contributed by atoms with Gasteiger partial charge in [0.1, 0.15) is 6.10 Å². The monoisotopic (exact) mass is 306 g/mol. The van der Waals surface area contributed by atoms with Crippen molar-refractivity contribution in [1.82, 2.24) is 0 Å². The Balaban J connectivity index is 1.88. The first-order valence-corrected chi connectivity index (χ1v) is 7.64. The van der Waals surface area contributed by atoms with Crippen molar-refractivity contribution < 1.29 is 5.11 Å². The second-order valence-corrected chi connectivity index (χ2v) is 6.15. The van der Waals surface area contributed by atoms with Crippen molar-refractivity contribution in [2.75, 3.05) is 0 Å². The minimum Gasteiger partial charge on any atom is -0.384 e. The van der Waals surface area contributed by atoms with Gasteiger partial charge in [-0.3, -0.25) is 0 Å². The molecule has 1 fully saturated rings. The smallest absolute Gasteiger partial charge is 0.107 e. The fourth-order valence-corrected chi connectivity index (χ4v) is 3.23. The van der Waals surface area contributed by atoms with E-state index in [0.29, 0.717) is 21.5 Å². The Hall–Kier alpha value is -1.02. The van der Waals surface area contributed by atoms with Crippen LogP contribution < -0.4 is 0 Å². The molecule has 0 radical (unpaired) electrons. The van der Waals surface area contributed by atoms with E-state index in [0.717, 1.165) is 5.56 Å². The van der Waals surface area contributed by atoms with E-state index in [9.17, 15) is 5.11 Å². The van der Waals surface area contributed by atoms with Crippen molar-refractivity contribution in [3.05, 3.63) is 69.2 Å². The summed E-state index contributed by atoms with van der Waals surface area (Å²) in [6, 6.07) is 13.4. The molecule has 0 aromatic heterocycles. The highest BCUT2D eigenvalue weighted by molar-refractivity contribution is 6.36. The van der Waals surface area contributed by atoms with Crippen LogP contribution in [0.3, 0.4) is 0 Å². The van der Waals surface area contributed by atoms with Crippen molar-refractivity contribution >= 4 is 23.2 Å². The molecule has 104 valence electrons. The van der Waals surface area contributed by atoms with E-state index in [-0.39, 0.29) is 0 Å². The zero-order valence-corrected chi connectivity index (χ0v) is 12.5. The quantitative estimate of drug-likeness (QED) is 0.811. The summed E-state index contributed by atoms with van der Waals surface area (Å²) in [4.78, 5) is 0. The molecule has 20 heavy (non-hydrogen) atoms. The fourth-order valence-electron chi connectivity index (χ4n) is 2.63. The van der Waals surface area contributed by atoms with Crippen molar-refractivity contribution in [3.63, 3.8) is 0 Å². The van der Waals surface area contributed by atoms with Gasteiger partial charge in [-0.15, -0.1) is 0 Å². The lowest BCUT2D eigenvalue weighted by Gasteiger charge is -2.26. The summed E-state index contributed by atoms with van der Waals surface area (Å²) in [7, 11) is 0. The number of hydrogen-bond acceptors (Lipinski definition) is 1. The van der Waals surface area contributed by atoms with Gasteiger partial charge in [-0.05, 0) is 42.0 Å². The van der Waals surface area contributed by atoms with Gasteiger partial charge in [-0.25, -0.2) is 0 Å². The van der Waals surface area contributed by atoms with Gasteiger partial charge in [-0.2, -0.15) is 0 Å². The first kappa shape index (κ1) is 13.9. The highest BCUT2D eigenvalue weighted by Crippen LogP contribution is 2.38. The molecular weight excluding hydrogens is 291 g/mol. The van der Waals surface area contributed by atoms with Gasteiger partial charge in [0.05, 0.1) is 0 Å². The van der Waals surface area contributed by atoms with Crippen molar-refractivity contribution in [2.45, 2.75) is 31.3 Å². The average Bonchev–Trinajstić information content (AvgIpc) is 2.37. The van der Waals surface area contributed by atoms with E-state index in [1.54, 1.807) is 18.2 Å². The molecule has 1 saturated carbocycles. The number of aliphatic hydroxyl groups is 1. The van der Waals surface area contributed by atoms with Crippen LogP contribution in [0.1, 0.15) is 48.0 Å². The molecule has 1 nitrogen and oxygen atoms in total.